The van der Waals surface area contributed by atoms with E-state index in [0.717, 1.165) is 24.2 Å². The number of anilines is 2. The lowest BCUT2D eigenvalue weighted by Gasteiger charge is -2.15. The molecule has 1 aliphatic heterocycles. The van der Waals surface area contributed by atoms with Gasteiger partial charge in [0.25, 0.3) is 5.91 Å². The molecule has 31 heavy (non-hydrogen) atoms. The first kappa shape index (κ1) is 22.1. The zero-order valence-corrected chi connectivity index (χ0v) is 16.3. The van der Waals surface area contributed by atoms with E-state index in [0.29, 0.717) is 18.5 Å². The first-order chi connectivity index (χ1) is 14.7. The summed E-state index contributed by atoms with van der Waals surface area (Å²) in [5, 5.41) is 2.40. The molecule has 3 rings (SSSR count). The van der Waals surface area contributed by atoms with E-state index in [1.807, 2.05) is 0 Å². The van der Waals surface area contributed by atoms with Crippen LogP contribution in [0.1, 0.15) is 18.4 Å². The highest BCUT2D eigenvalue weighted by atomic mass is 19.4. The number of hydrogen-bond donors (Lipinski definition) is 1. The lowest BCUT2D eigenvalue weighted by atomic mass is 10.1. The second-order valence-corrected chi connectivity index (χ2v) is 6.77. The van der Waals surface area contributed by atoms with Gasteiger partial charge in [0.05, 0.1) is 6.42 Å². The number of hydrogen-bond acceptors (Lipinski definition) is 5. The van der Waals surface area contributed by atoms with Crippen LogP contribution in [0.3, 0.4) is 0 Å². The topological polar surface area (TPSA) is 84.9 Å². The summed E-state index contributed by atoms with van der Waals surface area (Å²) < 4.78 is 45.1. The van der Waals surface area contributed by atoms with Crippen molar-refractivity contribution >= 4 is 29.2 Å². The molecule has 0 atom stereocenters. The third-order valence-corrected chi connectivity index (χ3v) is 4.41. The number of nitrogens with zero attached hydrogens (tertiary/aromatic N) is 1. The van der Waals surface area contributed by atoms with E-state index in [1.54, 1.807) is 29.2 Å². The second-order valence-electron chi connectivity index (χ2n) is 6.77. The van der Waals surface area contributed by atoms with Crippen molar-refractivity contribution in [1.29, 1.82) is 0 Å². The van der Waals surface area contributed by atoms with E-state index in [1.165, 1.54) is 12.1 Å². The Morgan fingerprint density at radius 1 is 1.03 bits per heavy atom. The quantitative estimate of drug-likeness (QED) is 0.673. The summed E-state index contributed by atoms with van der Waals surface area (Å²) in [7, 11) is 0. The molecule has 2 aromatic carbocycles. The van der Waals surface area contributed by atoms with Crippen molar-refractivity contribution in [2.45, 2.75) is 25.6 Å². The first-order valence-electron chi connectivity index (χ1n) is 9.40. The van der Waals surface area contributed by atoms with Gasteiger partial charge in [0.1, 0.15) is 5.75 Å². The molecule has 10 heteroatoms. The molecule has 1 fully saturated rings. The Labute approximate surface area is 175 Å². The number of ether oxygens (including phenoxy) is 2. The number of alkyl halides is 3. The number of carbonyl (C=O) groups excluding carboxylic acids is 3. The normalized spacial score (nSPS) is 13.8. The molecule has 0 radical (unpaired) electrons. The fourth-order valence-corrected chi connectivity index (χ4v) is 3.02. The van der Waals surface area contributed by atoms with Gasteiger partial charge in [-0.15, -0.1) is 13.2 Å². The van der Waals surface area contributed by atoms with Crippen LogP contribution in [-0.2, 0) is 25.5 Å². The van der Waals surface area contributed by atoms with Gasteiger partial charge in [-0.1, -0.05) is 12.1 Å². The number of rotatable bonds is 7. The molecule has 0 unspecified atom stereocenters. The van der Waals surface area contributed by atoms with Crippen LogP contribution in [0.2, 0.25) is 0 Å². The number of carbonyl (C=O) groups is 3. The number of benzene rings is 2. The molecular formula is C21H19F3N2O5. The van der Waals surface area contributed by atoms with Crippen molar-refractivity contribution in [1.82, 2.24) is 0 Å². The molecule has 0 bridgehead atoms. The minimum absolute atomic E-state index is 0.0506. The fraction of sp³-hybridized carbons (Fsp3) is 0.286. The maximum Gasteiger partial charge on any atom is 0.573 e. The summed E-state index contributed by atoms with van der Waals surface area (Å²) in [6.45, 7) is 0.132. The molecule has 2 amide bonds. The highest BCUT2D eigenvalue weighted by Crippen LogP contribution is 2.24. The van der Waals surface area contributed by atoms with E-state index in [4.69, 9.17) is 4.74 Å². The molecule has 1 saturated heterocycles. The standard InChI is InChI=1S/C21H19F3N2O5/c22-21(23,24)31-17-9-5-15(6-10-17)25-18(27)13-30-20(29)12-14-3-7-16(8-4-14)26-11-1-2-19(26)28/h3-10H,1-2,11-13H2,(H,25,27). The molecule has 1 aliphatic rings. The fourth-order valence-electron chi connectivity index (χ4n) is 3.02. The monoisotopic (exact) mass is 436 g/mol. The predicted molar refractivity (Wildman–Crippen MR) is 104 cm³/mol. The lowest BCUT2D eigenvalue weighted by Crippen LogP contribution is -2.23. The second kappa shape index (κ2) is 9.50. The van der Waals surface area contributed by atoms with E-state index in [2.05, 4.69) is 10.1 Å². The van der Waals surface area contributed by atoms with Gasteiger partial charge in [0.15, 0.2) is 6.61 Å². The Kier molecular flexibility index (Phi) is 6.78. The number of halogens is 3. The van der Waals surface area contributed by atoms with Gasteiger partial charge in [0.2, 0.25) is 5.91 Å². The molecule has 0 aromatic heterocycles. The summed E-state index contributed by atoms with van der Waals surface area (Å²) >= 11 is 0. The van der Waals surface area contributed by atoms with Crippen molar-refractivity contribution in [2.75, 3.05) is 23.4 Å². The van der Waals surface area contributed by atoms with Gasteiger partial charge >= 0.3 is 12.3 Å². The summed E-state index contributed by atoms with van der Waals surface area (Å²) in [6.07, 6.45) is -3.50. The first-order valence-corrected chi connectivity index (χ1v) is 9.40. The van der Waals surface area contributed by atoms with Crippen LogP contribution in [0.25, 0.3) is 0 Å². The van der Waals surface area contributed by atoms with Crippen LogP contribution >= 0.6 is 0 Å². The molecule has 7 nitrogen and oxygen atoms in total. The van der Waals surface area contributed by atoms with Gasteiger partial charge in [-0.3, -0.25) is 14.4 Å². The molecule has 164 valence electrons. The lowest BCUT2D eigenvalue weighted by molar-refractivity contribution is -0.274. The maximum atomic E-state index is 12.1. The Balaban J connectivity index is 1.43. The van der Waals surface area contributed by atoms with Crippen LogP contribution in [0, 0.1) is 0 Å². The highest BCUT2D eigenvalue weighted by Gasteiger charge is 2.31. The third kappa shape index (κ3) is 6.73. The molecule has 1 heterocycles. The van der Waals surface area contributed by atoms with Crippen molar-refractivity contribution in [3.05, 3.63) is 54.1 Å². The predicted octanol–water partition coefficient (Wildman–Crippen LogP) is 3.44. The zero-order valence-electron chi connectivity index (χ0n) is 16.3. The molecule has 1 N–H and O–H groups in total. The van der Waals surface area contributed by atoms with Crippen molar-refractivity contribution in [3.63, 3.8) is 0 Å². The number of amides is 2. The van der Waals surface area contributed by atoms with Crippen molar-refractivity contribution in [2.24, 2.45) is 0 Å². The van der Waals surface area contributed by atoms with Crippen molar-refractivity contribution in [3.8, 4) is 5.75 Å². The summed E-state index contributed by atoms with van der Waals surface area (Å²) in [6, 6.07) is 11.5. The van der Waals surface area contributed by atoms with Crippen LogP contribution in [0.5, 0.6) is 5.75 Å². The Bertz CT molecular complexity index is 943. The molecule has 2 aromatic rings. The van der Waals surface area contributed by atoms with E-state index in [9.17, 15) is 27.6 Å². The summed E-state index contributed by atoms with van der Waals surface area (Å²) in [5.74, 6) is -1.60. The van der Waals surface area contributed by atoms with E-state index < -0.39 is 30.6 Å². The Morgan fingerprint density at radius 3 is 2.29 bits per heavy atom. The molecule has 0 spiro atoms. The average Bonchev–Trinajstić information content (AvgIpc) is 3.13. The third-order valence-electron chi connectivity index (χ3n) is 4.41. The number of esters is 1. The molecule has 0 aliphatic carbocycles. The van der Waals surface area contributed by atoms with Gasteiger partial charge in [0, 0.05) is 24.3 Å². The van der Waals surface area contributed by atoms with Crippen LogP contribution in [-0.4, -0.2) is 37.3 Å². The van der Waals surface area contributed by atoms with Gasteiger partial charge < -0.3 is 19.7 Å². The average molecular weight is 436 g/mol. The van der Waals surface area contributed by atoms with E-state index >= 15 is 0 Å². The Hall–Kier alpha value is -3.56. The smallest absolute Gasteiger partial charge is 0.455 e. The number of nitrogens with one attached hydrogen (secondary N) is 1. The van der Waals surface area contributed by atoms with Crippen LogP contribution in [0.15, 0.2) is 48.5 Å². The zero-order chi connectivity index (χ0) is 22.4. The van der Waals surface area contributed by atoms with E-state index in [-0.39, 0.29) is 18.0 Å². The minimum Gasteiger partial charge on any atom is -0.455 e. The largest absolute Gasteiger partial charge is 0.573 e. The highest BCUT2D eigenvalue weighted by molar-refractivity contribution is 5.95. The van der Waals surface area contributed by atoms with Gasteiger partial charge in [-0.25, -0.2) is 0 Å². The van der Waals surface area contributed by atoms with Crippen molar-refractivity contribution < 1.29 is 37.0 Å². The van der Waals surface area contributed by atoms with Crippen LogP contribution in [0.4, 0.5) is 24.5 Å². The SMILES string of the molecule is O=C(COC(=O)Cc1ccc(N2CCCC2=O)cc1)Nc1ccc(OC(F)(F)F)cc1. The minimum atomic E-state index is -4.80. The van der Waals surface area contributed by atoms with Crippen LogP contribution < -0.4 is 15.0 Å². The van der Waals surface area contributed by atoms with Gasteiger partial charge in [-0.2, -0.15) is 0 Å². The molecular weight excluding hydrogens is 417 g/mol. The summed E-state index contributed by atoms with van der Waals surface area (Å²) in [4.78, 5) is 37.3. The maximum absolute atomic E-state index is 12.1. The molecule has 0 saturated carbocycles. The summed E-state index contributed by atoms with van der Waals surface area (Å²) in [5.41, 5.74) is 1.66. The van der Waals surface area contributed by atoms with Gasteiger partial charge in [-0.05, 0) is 48.4 Å². The Morgan fingerprint density at radius 2 is 1.71 bits per heavy atom.